The topological polar surface area (TPSA) is 6.48 Å². The van der Waals surface area contributed by atoms with Gasteiger partial charge in [0, 0.05) is 74.2 Å². The summed E-state index contributed by atoms with van der Waals surface area (Å²) in [6.07, 6.45) is 0. The Morgan fingerprint density at radius 2 is 0.716 bits per heavy atom. The Morgan fingerprint density at radius 1 is 0.299 bits per heavy atom. The van der Waals surface area contributed by atoms with Crippen LogP contribution in [0.3, 0.4) is 0 Å². The molecule has 0 saturated carbocycles. The molecule has 5 heteroatoms. The fourth-order valence-corrected chi connectivity index (χ4v) is 13.8. The fourth-order valence-electron chi connectivity index (χ4n) is 11.5. The first-order valence-electron chi connectivity index (χ1n) is 23.0. The van der Waals surface area contributed by atoms with E-state index in [0.29, 0.717) is 0 Å². The lowest BCUT2D eigenvalue weighted by atomic mass is 9.33. The van der Waals surface area contributed by atoms with Crippen molar-refractivity contribution < 1.29 is 0 Å². The number of anilines is 6. The Labute approximate surface area is 395 Å². The second kappa shape index (κ2) is 14.3. The summed E-state index contributed by atoms with van der Waals surface area (Å²) in [4.78, 5) is 5.28. The van der Waals surface area contributed by atoms with Gasteiger partial charge in [-0.15, -0.1) is 22.7 Å². The van der Waals surface area contributed by atoms with Gasteiger partial charge in [0.1, 0.15) is 0 Å². The average molecular weight is 885 g/mol. The van der Waals surface area contributed by atoms with Gasteiger partial charge in [-0.3, -0.25) is 0 Å². The molecular weight excluding hydrogens is 848 g/mol. The Balaban J connectivity index is 1.13. The van der Waals surface area contributed by atoms with Crippen molar-refractivity contribution in [1.82, 2.24) is 0 Å². The first kappa shape index (κ1) is 37.3. The minimum atomic E-state index is -0.0554. The van der Waals surface area contributed by atoms with Gasteiger partial charge in [-0.25, -0.2) is 0 Å². The molecule has 2 nitrogen and oxygen atoms in total. The highest BCUT2D eigenvalue weighted by Crippen LogP contribution is 2.53. The van der Waals surface area contributed by atoms with Gasteiger partial charge in [0.05, 0.1) is 11.4 Å². The van der Waals surface area contributed by atoms with Gasteiger partial charge in [0.2, 0.25) is 0 Å². The molecule has 2 aliphatic heterocycles. The lowest BCUT2D eigenvalue weighted by Gasteiger charge is -2.45. The molecule has 2 aromatic heterocycles. The molecule has 0 spiro atoms. The van der Waals surface area contributed by atoms with Gasteiger partial charge >= 0.3 is 0 Å². The van der Waals surface area contributed by atoms with Crippen LogP contribution in [0, 0.1) is 0 Å². The number of fused-ring (bicyclic) bond motifs is 12. The Kier molecular flexibility index (Phi) is 7.94. The van der Waals surface area contributed by atoms with Gasteiger partial charge in [-0.1, -0.05) is 188 Å². The molecule has 67 heavy (non-hydrogen) atoms. The highest BCUT2D eigenvalue weighted by molar-refractivity contribution is 7.26. The Morgan fingerprint density at radius 3 is 1.19 bits per heavy atom. The van der Waals surface area contributed by atoms with Crippen LogP contribution in [0.15, 0.2) is 224 Å². The van der Waals surface area contributed by atoms with Crippen LogP contribution in [0.2, 0.25) is 0 Å². The highest BCUT2D eigenvalue weighted by atomic mass is 32.1. The highest BCUT2D eigenvalue weighted by Gasteiger charge is 2.45. The van der Waals surface area contributed by atoms with E-state index in [9.17, 15) is 0 Å². The Hall–Kier alpha value is -7.96. The molecule has 0 saturated heterocycles. The second-order valence-electron chi connectivity index (χ2n) is 17.9. The molecule has 0 N–H and O–H groups in total. The van der Waals surface area contributed by atoms with Crippen molar-refractivity contribution in [1.29, 1.82) is 0 Å². The van der Waals surface area contributed by atoms with Gasteiger partial charge in [0.15, 0.2) is 0 Å². The van der Waals surface area contributed by atoms with Crippen molar-refractivity contribution in [3.05, 3.63) is 224 Å². The van der Waals surface area contributed by atoms with Crippen LogP contribution in [0.1, 0.15) is 0 Å². The maximum Gasteiger partial charge on any atom is 0.252 e. The van der Waals surface area contributed by atoms with Crippen molar-refractivity contribution in [2.45, 2.75) is 0 Å². The van der Waals surface area contributed by atoms with Crippen LogP contribution in [0.25, 0.3) is 84.1 Å². The molecule has 15 rings (SSSR count). The quantitative estimate of drug-likeness (QED) is 0.163. The summed E-state index contributed by atoms with van der Waals surface area (Å²) < 4.78 is 5.22. The molecule has 0 fully saturated rings. The van der Waals surface area contributed by atoms with E-state index in [2.05, 4.69) is 234 Å². The molecule has 0 aliphatic carbocycles. The van der Waals surface area contributed by atoms with Gasteiger partial charge in [0.25, 0.3) is 6.71 Å². The molecule has 11 aromatic carbocycles. The number of benzene rings is 11. The van der Waals surface area contributed by atoms with Crippen molar-refractivity contribution in [3.8, 4) is 22.3 Å². The lowest BCUT2D eigenvalue weighted by Crippen LogP contribution is -2.61. The molecule has 0 unspecified atom stereocenters. The predicted molar refractivity (Wildman–Crippen MR) is 292 cm³/mol. The SMILES string of the molecule is c1ccc(-c2ccc3ccccc3c2N2c3cc4sc5ccccc5c4cc3B3c4cc5c(cc4N(c4c(-c6ccccc6)ccc6ccccc46)c4cccc2c43)sc2ccccc25)cc1. The van der Waals surface area contributed by atoms with E-state index in [4.69, 9.17) is 0 Å². The number of thiophene rings is 2. The number of rotatable bonds is 4. The van der Waals surface area contributed by atoms with E-state index in [-0.39, 0.29) is 6.71 Å². The molecule has 0 radical (unpaired) electrons. The van der Waals surface area contributed by atoms with Crippen molar-refractivity contribution in [2.75, 3.05) is 9.80 Å². The zero-order valence-corrected chi connectivity index (χ0v) is 37.8. The van der Waals surface area contributed by atoms with E-state index in [0.717, 1.165) is 0 Å². The molecular formula is C62H37BN2S2. The second-order valence-corrected chi connectivity index (χ2v) is 20.1. The van der Waals surface area contributed by atoms with Crippen LogP contribution in [0.5, 0.6) is 0 Å². The van der Waals surface area contributed by atoms with E-state index in [1.165, 1.54) is 135 Å². The smallest absolute Gasteiger partial charge is 0.252 e. The predicted octanol–water partition coefficient (Wildman–Crippen LogP) is 16.1. The van der Waals surface area contributed by atoms with Crippen LogP contribution >= 0.6 is 22.7 Å². The summed E-state index contributed by atoms with van der Waals surface area (Å²) in [6, 6.07) is 84.3. The van der Waals surface area contributed by atoms with Crippen LogP contribution in [-0.4, -0.2) is 6.71 Å². The van der Waals surface area contributed by atoms with E-state index >= 15 is 0 Å². The summed E-state index contributed by atoms with van der Waals surface area (Å²) in [5.41, 5.74) is 16.0. The number of hydrogen-bond acceptors (Lipinski definition) is 4. The van der Waals surface area contributed by atoms with E-state index in [1.807, 2.05) is 22.7 Å². The number of nitrogens with zero attached hydrogens (tertiary/aromatic N) is 2. The minimum absolute atomic E-state index is 0.0554. The monoisotopic (exact) mass is 884 g/mol. The minimum Gasteiger partial charge on any atom is -0.310 e. The van der Waals surface area contributed by atoms with Crippen molar-refractivity contribution >= 4 is 142 Å². The maximum absolute atomic E-state index is 2.64. The zero-order chi connectivity index (χ0) is 43.7. The molecule has 310 valence electrons. The average Bonchev–Trinajstić information content (AvgIpc) is 3.95. The molecule has 0 bridgehead atoms. The fraction of sp³-hybridized carbons (Fsp3) is 0. The number of hydrogen-bond donors (Lipinski definition) is 0. The van der Waals surface area contributed by atoms with Crippen LogP contribution < -0.4 is 26.2 Å². The normalized spacial score (nSPS) is 13.0. The molecule has 0 atom stereocenters. The third-order valence-corrected chi connectivity index (χ3v) is 16.7. The Bertz CT molecular complexity index is 3930. The van der Waals surface area contributed by atoms with Crippen molar-refractivity contribution in [3.63, 3.8) is 0 Å². The third kappa shape index (κ3) is 5.38. The summed E-state index contributed by atoms with van der Waals surface area (Å²) >= 11 is 3.80. The molecule has 2 aliphatic rings. The lowest BCUT2D eigenvalue weighted by molar-refractivity contribution is 1.27. The van der Waals surface area contributed by atoms with Crippen LogP contribution in [-0.2, 0) is 0 Å². The zero-order valence-electron chi connectivity index (χ0n) is 36.2. The summed E-state index contributed by atoms with van der Waals surface area (Å²) in [7, 11) is 0. The first-order chi connectivity index (χ1) is 33.2. The van der Waals surface area contributed by atoms with E-state index < -0.39 is 0 Å². The molecule has 4 heterocycles. The van der Waals surface area contributed by atoms with Gasteiger partial charge in [-0.05, 0) is 85.5 Å². The summed E-state index contributed by atoms with van der Waals surface area (Å²) in [5, 5.41) is 10.1. The summed E-state index contributed by atoms with van der Waals surface area (Å²) in [6.45, 7) is -0.0554. The molecule has 0 amide bonds. The standard InChI is InChI=1S/C62H37BN2S2/c1-3-16-38(17-4-1)44-32-30-40-20-7-9-22-42(40)61(44)64-52-26-15-27-53-60(52)63(50-34-48-46-24-11-13-28-56(46)66-58(48)36-54(50)64)51-35-49-47-25-12-14-29-57(47)67-59(49)37-55(51)65(53)62-43-23-10-8-21-41(43)31-33-45(62)39-18-5-2-6-19-39/h1-37H. The largest absolute Gasteiger partial charge is 0.310 e. The van der Waals surface area contributed by atoms with Gasteiger partial charge in [-0.2, -0.15) is 0 Å². The van der Waals surface area contributed by atoms with Crippen LogP contribution in [0.4, 0.5) is 34.1 Å². The third-order valence-electron chi connectivity index (χ3n) is 14.4. The molecule has 13 aromatic rings. The van der Waals surface area contributed by atoms with Crippen molar-refractivity contribution in [2.24, 2.45) is 0 Å². The maximum atomic E-state index is 2.64. The first-order valence-corrected chi connectivity index (χ1v) is 24.7. The van der Waals surface area contributed by atoms with E-state index in [1.54, 1.807) is 0 Å². The van der Waals surface area contributed by atoms with Gasteiger partial charge < -0.3 is 9.80 Å². The summed E-state index contributed by atoms with van der Waals surface area (Å²) in [5.74, 6) is 0.